The smallest absolute Gasteiger partial charge is 0.258 e. The summed E-state index contributed by atoms with van der Waals surface area (Å²) in [5.74, 6) is 0. The van der Waals surface area contributed by atoms with E-state index in [1.807, 2.05) is 22.9 Å². The summed E-state index contributed by atoms with van der Waals surface area (Å²) in [6.07, 6.45) is 0.871. The van der Waals surface area contributed by atoms with Crippen molar-refractivity contribution in [3.05, 3.63) is 76.0 Å². The fourth-order valence-electron chi connectivity index (χ4n) is 2.71. The van der Waals surface area contributed by atoms with Gasteiger partial charge in [-0.3, -0.25) is 10.1 Å². The SMILES string of the molecule is O=[N+]([O-])c1ccc(-c2cc3n(n2)-c2ccccc2C3)cc1. The number of fused-ring (bicyclic) bond motifs is 3. The van der Waals surface area contributed by atoms with E-state index in [-0.39, 0.29) is 5.69 Å². The van der Waals surface area contributed by atoms with E-state index in [4.69, 9.17) is 0 Å². The van der Waals surface area contributed by atoms with Crippen LogP contribution in [0.4, 0.5) is 5.69 Å². The van der Waals surface area contributed by atoms with Crippen LogP contribution in [0.5, 0.6) is 0 Å². The minimum Gasteiger partial charge on any atom is -0.258 e. The van der Waals surface area contributed by atoms with Crippen molar-refractivity contribution in [1.29, 1.82) is 0 Å². The van der Waals surface area contributed by atoms with Crippen LogP contribution in [0.15, 0.2) is 54.6 Å². The predicted octanol–water partition coefficient (Wildman–Crippen LogP) is 3.35. The summed E-state index contributed by atoms with van der Waals surface area (Å²) in [7, 11) is 0. The van der Waals surface area contributed by atoms with Gasteiger partial charge in [-0.05, 0) is 29.8 Å². The third-order valence-corrected chi connectivity index (χ3v) is 3.75. The summed E-state index contributed by atoms with van der Waals surface area (Å²) in [6.45, 7) is 0. The Balaban J connectivity index is 1.75. The Morgan fingerprint density at radius 1 is 1.10 bits per heavy atom. The molecule has 0 unspecified atom stereocenters. The van der Waals surface area contributed by atoms with Gasteiger partial charge in [0.15, 0.2) is 0 Å². The Morgan fingerprint density at radius 3 is 2.62 bits per heavy atom. The lowest BCUT2D eigenvalue weighted by atomic mass is 10.1. The average molecular weight is 277 g/mol. The predicted molar refractivity (Wildman–Crippen MR) is 78.5 cm³/mol. The van der Waals surface area contributed by atoms with Crippen LogP contribution in [0.2, 0.25) is 0 Å². The minimum atomic E-state index is -0.396. The van der Waals surface area contributed by atoms with E-state index in [1.54, 1.807) is 12.1 Å². The number of nitro benzene ring substituents is 1. The summed E-state index contributed by atoms with van der Waals surface area (Å²) in [6, 6.07) is 16.7. The van der Waals surface area contributed by atoms with E-state index in [2.05, 4.69) is 17.2 Å². The molecule has 0 saturated carbocycles. The number of hydrogen-bond acceptors (Lipinski definition) is 3. The molecule has 102 valence electrons. The van der Waals surface area contributed by atoms with Gasteiger partial charge in [0.1, 0.15) is 0 Å². The number of hydrogen-bond donors (Lipinski definition) is 0. The molecule has 0 N–H and O–H groups in total. The van der Waals surface area contributed by atoms with Crippen LogP contribution in [0, 0.1) is 10.1 Å². The van der Waals surface area contributed by atoms with Crippen LogP contribution in [0.1, 0.15) is 11.3 Å². The molecule has 0 amide bonds. The maximum absolute atomic E-state index is 10.7. The lowest BCUT2D eigenvalue weighted by molar-refractivity contribution is -0.384. The van der Waals surface area contributed by atoms with Crippen molar-refractivity contribution in [2.75, 3.05) is 0 Å². The van der Waals surface area contributed by atoms with Gasteiger partial charge >= 0.3 is 0 Å². The zero-order chi connectivity index (χ0) is 14.4. The molecule has 3 aromatic rings. The summed E-state index contributed by atoms with van der Waals surface area (Å²) in [5, 5.41) is 15.3. The number of nitro groups is 1. The van der Waals surface area contributed by atoms with Crippen LogP contribution in [0.25, 0.3) is 16.9 Å². The second-order valence-corrected chi connectivity index (χ2v) is 5.04. The molecular weight excluding hydrogens is 266 g/mol. The molecule has 5 heteroatoms. The van der Waals surface area contributed by atoms with E-state index in [0.29, 0.717) is 0 Å². The van der Waals surface area contributed by atoms with Crippen LogP contribution in [-0.2, 0) is 6.42 Å². The summed E-state index contributed by atoms with van der Waals surface area (Å²) >= 11 is 0. The summed E-state index contributed by atoms with van der Waals surface area (Å²) in [4.78, 5) is 10.3. The molecule has 0 fully saturated rings. The first-order valence-corrected chi connectivity index (χ1v) is 6.64. The first-order chi connectivity index (χ1) is 10.2. The van der Waals surface area contributed by atoms with Crippen molar-refractivity contribution in [3.63, 3.8) is 0 Å². The lowest BCUT2D eigenvalue weighted by Crippen LogP contribution is -1.94. The lowest BCUT2D eigenvalue weighted by Gasteiger charge is -2.00. The Morgan fingerprint density at radius 2 is 1.86 bits per heavy atom. The highest BCUT2D eigenvalue weighted by Gasteiger charge is 2.20. The maximum Gasteiger partial charge on any atom is 0.269 e. The van der Waals surface area contributed by atoms with Crippen molar-refractivity contribution in [2.45, 2.75) is 6.42 Å². The van der Waals surface area contributed by atoms with Crippen molar-refractivity contribution in [1.82, 2.24) is 9.78 Å². The van der Waals surface area contributed by atoms with Crippen LogP contribution < -0.4 is 0 Å². The third kappa shape index (κ3) is 1.82. The van der Waals surface area contributed by atoms with E-state index in [9.17, 15) is 10.1 Å². The standard InChI is InChI=1S/C16H11N3O2/c20-19(21)13-7-5-11(6-8-13)15-10-14-9-12-3-1-2-4-16(12)18(14)17-15/h1-8,10H,9H2. The van der Waals surface area contributed by atoms with E-state index < -0.39 is 4.92 Å². The highest BCUT2D eigenvalue weighted by atomic mass is 16.6. The van der Waals surface area contributed by atoms with Crippen molar-refractivity contribution in [3.8, 4) is 16.9 Å². The number of nitrogens with zero attached hydrogens (tertiary/aromatic N) is 3. The number of non-ortho nitro benzene ring substituents is 1. The monoisotopic (exact) mass is 277 g/mol. The first kappa shape index (κ1) is 11.8. The molecule has 4 rings (SSSR count). The van der Waals surface area contributed by atoms with E-state index in [0.717, 1.165) is 29.1 Å². The average Bonchev–Trinajstić information content (AvgIpc) is 3.05. The highest BCUT2D eigenvalue weighted by molar-refractivity contribution is 5.63. The minimum absolute atomic E-state index is 0.0934. The molecule has 21 heavy (non-hydrogen) atoms. The van der Waals surface area contributed by atoms with Gasteiger partial charge in [-0.25, -0.2) is 4.68 Å². The van der Waals surface area contributed by atoms with Crippen molar-refractivity contribution in [2.24, 2.45) is 0 Å². The first-order valence-electron chi connectivity index (χ1n) is 6.64. The third-order valence-electron chi connectivity index (χ3n) is 3.75. The molecule has 5 nitrogen and oxygen atoms in total. The van der Waals surface area contributed by atoms with Gasteiger partial charge in [0.25, 0.3) is 5.69 Å². The molecule has 2 aromatic carbocycles. The van der Waals surface area contributed by atoms with Crippen LogP contribution in [0.3, 0.4) is 0 Å². The molecule has 0 saturated heterocycles. The van der Waals surface area contributed by atoms with Gasteiger partial charge < -0.3 is 0 Å². The largest absolute Gasteiger partial charge is 0.269 e. The van der Waals surface area contributed by atoms with E-state index >= 15 is 0 Å². The topological polar surface area (TPSA) is 61.0 Å². The Kier molecular flexibility index (Phi) is 2.41. The fraction of sp³-hybridized carbons (Fsp3) is 0.0625. The number of rotatable bonds is 2. The Labute approximate surface area is 120 Å². The highest BCUT2D eigenvalue weighted by Crippen LogP contribution is 2.31. The second kappa shape index (κ2) is 4.28. The molecule has 0 aliphatic carbocycles. The molecule has 0 bridgehead atoms. The molecule has 0 radical (unpaired) electrons. The van der Waals surface area contributed by atoms with Gasteiger partial charge in [-0.2, -0.15) is 5.10 Å². The van der Waals surface area contributed by atoms with Gasteiger partial charge in [0.05, 0.1) is 16.3 Å². The number of para-hydroxylation sites is 1. The fourth-order valence-corrected chi connectivity index (χ4v) is 2.71. The zero-order valence-electron chi connectivity index (χ0n) is 11.1. The normalized spacial score (nSPS) is 12.0. The van der Waals surface area contributed by atoms with E-state index in [1.165, 1.54) is 17.7 Å². The molecule has 1 aliphatic rings. The van der Waals surface area contributed by atoms with Crippen LogP contribution in [-0.4, -0.2) is 14.7 Å². The van der Waals surface area contributed by atoms with Gasteiger partial charge in [-0.1, -0.05) is 18.2 Å². The molecule has 2 heterocycles. The number of aromatic nitrogens is 2. The zero-order valence-corrected chi connectivity index (χ0v) is 11.1. The molecule has 0 atom stereocenters. The second-order valence-electron chi connectivity index (χ2n) is 5.04. The van der Waals surface area contributed by atoms with Gasteiger partial charge in [-0.15, -0.1) is 0 Å². The maximum atomic E-state index is 10.7. The quantitative estimate of drug-likeness (QED) is 0.417. The van der Waals surface area contributed by atoms with Crippen molar-refractivity contribution < 1.29 is 4.92 Å². The molecular formula is C16H11N3O2. The Bertz CT molecular complexity index is 850. The van der Waals surface area contributed by atoms with Gasteiger partial charge in [0.2, 0.25) is 0 Å². The molecule has 1 aliphatic heterocycles. The van der Waals surface area contributed by atoms with Gasteiger partial charge in [0, 0.05) is 29.8 Å². The molecule has 0 spiro atoms. The van der Waals surface area contributed by atoms with Crippen molar-refractivity contribution >= 4 is 5.69 Å². The molecule has 1 aromatic heterocycles. The van der Waals surface area contributed by atoms with Crippen LogP contribution >= 0.6 is 0 Å². The summed E-state index contributed by atoms with van der Waals surface area (Å²) in [5.41, 5.74) is 5.35. The Hall–Kier alpha value is -2.95. The number of benzene rings is 2. The summed E-state index contributed by atoms with van der Waals surface area (Å²) < 4.78 is 1.95.